The van der Waals surface area contributed by atoms with Gasteiger partial charge in [-0.2, -0.15) is 0 Å². The number of fused-ring (bicyclic) bond motifs is 1. The van der Waals surface area contributed by atoms with Gasteiger partial charge in [-0.05, 0) is 38.0 Å². The number of thioether (sulfide) groups is 1. The first-order valence-electron chi connectivity index (χ1n) is 9.11. The molecular weight excluding hydrogens is 346 g/mol. The molecule has 4 rings (SSSR count). The standard InChI is InChI=1S/C19H25N5OS/c1-2-25-17-6-9-24(15-10-18(21)26-19(15)17)16-11-22-7-5-14(16)23-8-3-4-13(20)12-23/h5-7,9-11,13,18H,2-4,8,12,20-21H2,1H3. The molecule has 0 saturated carbocycles. The van der Waals surface area contributed by atoms with Crippen LogP contribution in [0.15, 0.2) is 53.2 Å². The maximum atomic E-state index is 6.21. The summed E-state index contributed by atoms with van der Waals surface area (Å²) in [5, 5.41) is -0.0682. The molecule has 0 spiro atoms. The fourth-order valence-electron chi connectivity index (χ4n) is 3.67. The lowest BCUT2D eigenvalue weighted by Crippen LogP contribution is -2.43. The van der Waals surface area contributed by atoms with Gasteiger partial charge in [-0.15, -0.1) is 0 Å². The first kappa shape index (κ1) is 17.5. The van der Waals surface area contributed by atoms with Gasteiger partial charge in [0.25, 0.3) is 0 Å². The molecule has 0 bridgehead atoms. The molecule has 3 aliphatic rings. The fourth-order valence-corrected chi connectivity index (χ4v) is 4.67. The predicted molar refractivity (Wildman–Crippen MR) is 108 cm³/mol. The highest BCUT2D eigenvalue weighted by Crippen LogP contribution is 2.45. The maximum absolute atomic E-state index is 6.21. The van der Waals surface area contributed by atoms with E-state index in [1.165, 1.54) is 0 Å². The summed E-state index contributed by atoms with van der Waals surface area (Å²) in [5.41, 5.74) is 15.7. The van der Waals surface area contributed by atoms with Crippen LogP contribution >= 0.6 is 11.8 Å². The van der Waals surface area contributed by atoms with Crippen LogP contribution in [0.4, 0.5) is 11.4 Å². The van der Waals surface area contributed by atoms with Gasteiger partial charge in [0.2, 0.25) is 0 Å². The van der Waals surface area contributed by atoms with Crippen molar-refractivity contribution in [2.45, 2.75) is 31.2 Å². The number of piperidine rings is 1. The van der Waals surface area contributed by atoms with Gasteiger partial charge in [0, 0.05) is 31.5 Å². The van der Waals surface area contributed by atoms with Crippen LogP contribution in [-0.4, -0.2) is 36.1 Å². The molecule has 1 aromatic heterocycles. The first-order chi connectivity index (χ1) is 12.7. The van der Waals surface area contributed by atoms with E-state index >= 15 is 0 Å². The second-order valence-corrected chi connectivity index (χ2v) is 7.85. The highest BCUT2D eigenvalue weighted by molar-refractivity contribution is 8.04. The zero-order valence-corrected chi connectivity index (χ0v) is 15.8. The molecule has 0 amide bonds. The third-order valence-electron chi connectivity index (χ3n) is 4.80. The highest BCUT2D eigenvalue weighted by Gasteiger charge is 2.31. The molecule has 0 aliphatic carbocycles. The van der Waals surface area contributed by atoms with Crippen LogP contribution in [0.1, 0.15) is 19.8 Å². The van der Waals surface area contributed by atoms with Crippen LogP contribution in [0.2, 0.25) is 0 Å². The number of pyridine rings is 1. The lowest BCUT2D eigenvalue weighted by molar-refractivity contribution is 0.241. The Hall–Kier alpha value is -1.96. The lowest BCUT2D eigenvalue weighted by Gasteiger charge is -2.36. The fraction of sp³-hybridized carbons (Fsp3) is 0.421. The summed E-state index contributed by atoms with van der Waals surface area (Å²) in [6, 6.07) is 2.29. The number of rotatable bonds is 4. The number of aromatic nitrogens is 1. The molecule has 7 heteroatoms. The smallest absolute Gasteiger partial charge is 0.136 e. The summed E-state index contributed by atoms with van der Waals surface area (Å²) < 4.78 is 5.80. The number of hydrogen-bond donors (Lipinski definition) is 2. The number of anilines is 2. The maximum Gasteiger partial charge on any atom is 0.136 e. The molecule has 2 atom stereocenters. The summed E-state index contributed by atoms with van der Waals surface area (Å²) in [4.78, 5) is 10.00. The Balaban J connectivity index is 1.71. The molecule has 1 fully saturated rings. The Kier molecular flexibility index (Phi) is 4.93. The number of ether oxygens (including phenoxy) is 1. The number of nitrogens with zero attached hydrogens (tertiary/aromatic N) is 3. The van der Waals surface area contributed by atoms with Crippen molar-refractivity contribution >= 4 is 23.1 Å². The van der Waals surface area contributed by atoms with Crippen molar-refractivity contribution in [3.63, 3.8) is 0 Å². The zero-order valence-electron chi connectivity index (χ0n) is 15.0. The topological polar surface area (TPSA) is 80.6 Å². The summed E-state index contributed by atoms with van der Waals surface area (Å²) in [6.45, 7) is 4.52. The average Bonchev–Trinajstić information content (AvgIpc) is 3.04. The number of allylic oxidation sites excluding steroid dienone is 1. The van der Waals surface area contributed by atoms with Crippen molar-refractivity contribution in [3.8, 4) is 0 Å². The van der Waals surface area contributed by atoms with E-state index in [4.69, 9.17) is 16.2 Å². The molecule has 0 aromatic carbocycles. The summed E-state index contributed by atoms with van der Waals surface area (Å²) >= 11 is 1.63. The van der Waals surface area contributed by atoms with Gasteiger partial charge in [0.1, 0.15) is 5.76 Å². The zero-order chi connectivity index (χ0) is 18.1. The second kappa shape index (κ2) is 7.34. The monoisotopic (exact) mass is 371 g/mol. The Bertz CT molecular complexity index is 775. The Morgan fingerprint density at radius 3 is 3.04 bits per heavy atom. The largest absolute Gasteiger partial charge is 0.493 e. The molecule has 2 unspecified atom stereocenters. The van der Waals surface area contributed by atoms with E-state index in [1.807, 2.05) is 31.6 Å². The van der Waals surface area contributed by atoms with Crippen molar-refractivity contribution in [3.05, 3.63) is 53.2 Å². The molecule has 1 aromatic rings. The van der Waals surface area contributed by atoms with Gasteiger partial charge in [-0.1, -0.05) is 11.8 Å². The van der Waals surface area contributed by atoms with Gasteiger partial charge in [-0.3, -0.25) is 4.98 Å². The molecule has 1 saturated heterocycles. The van der Waals surface area contributed by atoms with Crippen LogP contribution in [0.5, 0.6) is 0 Å². The van der Waals surface area contributed by atoms with Crippen molar-refractivity contribution in [1.29, 1.82) is 0 Å². The molecule has 26 heavy (non-hydrogen) atoms. The van der Waals surface area contributed by atoms with Gasteiger partial charge >= 0.3 is 0 Å². The minimum Gasteiger partial charge on any atom is -0.493 e. The van der Waals surface area contributed by atoms with Crippen LogP contribution in [0.25, 0.3) is 0 Å². The molecule has 4 heterocycles. The second-order valence-electron chi connectivity index (χ2n) is 6.66. The van der Waals surface area contributed by atoms with Crippen molar-refractivity contribution in [2.75, 3.05) is 29.5 Å². The molecule has 6 nitrogen and oxygen atoms in total. The van der Waals surface area contributed by atoms with Gasteiger partial charge in [0.15, 0.2) is 0 Å². The van der Waals surface area contributed by atoms with Crippen molar-refractivity contribution in [1.82, 2.24) is 4.98 Å². The van der Waals surface area contributed by atoms with Gasteiger partial charge < -0.3 is 26.0 Å². The minimum absolute atomic E-state index is 0.0682. The molecule has 138 valence electrons. The Morgan fingerprint density at radius 2 is 2.23 bits per heavy atom. The normalized spacial score (nSPS) is 25.4. The molecular formula is C19H25N5OS. The number of hydrogen-bond acceptors (Lipinski definition) is 7. The molecule has 0 radical (unpaired) electrons. The summed E-state index contributed by atoms with van der Waals surface area (Å²) in [5.74, 6) is 0.887. The van der Waals surface area contributed by atoms with E-state index < -0.39 is 0 Å². The molecule has 3 aliphatic heterocycles. The first-order valence-corrected chi connectivity index (χ1v) is 9.99. The average molecular weight is 372 g/mol. The van der Waals surface area contributed by atoms with Crippen molar-refractivity contribution in [2.24, 2.45) is 11.5 Å². The van der Waals surface area contributed by atoms with E-state index in [1.54, 1.807) is 11.8 Å². The van der Waals surface area contributed by atoms with E-state index in [-0.39, 0.29) is 11.4 Å². The van der Waals surface area contributed by atoms with Gasteiger partial charge in [-0.25, -0.2) is 0 Å². The predicted octanol–water partition coefficient (Wildman–Crippen LogP) is 2.51. The lowest BCUT2D eigenvalue weighted by atomic mass is 10.1. The molecule has 4 N–H and O–H groups in total. The van der Waals surface area contributed by atoms with E-state index in [0.717, 1.165) is 53.7 Å². The Labute approximate surface area is 158 Å². The minimum atomic E-state index is -0.0682. The van der Waals surface area contributed by atoms with E-state index in [0.29, 0.717) is 6.61 Å². The van der Waals surface area contributed by atoms with Gasteiger partial charge in [0.05, 0.1) is 40.2 Å². The van der Waals surface area contributed by atoms with E-state index in [2.05, 4.69) is 26.9 Å². The van der Waals surface area contributed by atoms with Crippen LogP contribution < -0.4 is 21.3 Å². The third kappa shape index (κ3) is 3.22. The van der Waals surface area contributed by atoms with Crippen LogP contribution in [-0.2, 0) is 4.74 Å². The van der Waals surface area contributed by atoms with E-state index in [9.17, 15) is 0 Å². The summed E-state index contributed by atoms with van der Waals surface area (Å²) in [7, 11) is 0. The third-order valence-corrected chi connectivity index (χ3v) is 5.86. The SMILES string of the molecule is CCOC1=C2SC(N)C=C2N(c2cnccc2N2CCCC(N)C2)C=C1. The van der Waals surface area contributed by atoms with Crippen molar-refractivity contribution < 1.29 is 4.74 Å². The quantitative estimate of drug-likeness (QED) is 0.842. The highest BCUT2D eigenvalue weighted by atomic mass is 32.2. The summed E-state index contributed by atoms with van der Waals surface area (Å²) in [6.07, 6.45) is 12.1. The van der Waals surface area contributed by atoms with Crippen LogP contribution in [0.3, 0.4) is 0 Å². The number of nitrogens with two attached hydrogens (primary N) is 2. The van der Waals surface area contributed by atoms with Crippen LogP contribution in [0, 0.1) is 0 Å². The Morgan fingerprint density at radius 1 is 1.35 bits per heavy atom.